The molecule has 4 nitrogen and oxygen atoms in total. The summed E-state index contributed by atoms with van der Waals surface area (Å²) in [6.45, 7) is 6.40. The van der Waals surface area contributed by atoms with Gasteiger partial charge in [0.25, 0.3) is 5.91 Å². The Bertz CT molecular complexity index is 589. The Labute approximate surface area is 116 Å². The van der Waals surface area contributed by atoms with E-state index in [1.165, 1.54) is 16.9 Å². The zero-order chi connectivity index (χ0) is 14.0. The first-order valence-corrected chi connectivity index (χ1v) is 6.96. The van der Waals surface area contributed by atoms with Crippen LogP contribution >= 0.6 is 11.3 Å². The lowest BCUT2D eigenvalue weighted by molar-refractivity contribution is 0.0991. The maximum atomic E-state index is 12.5. The summed E-state index contributed by atoms with van der Waals surface area (Å²) in [6, 6.07) is 7.91. The van der Waals surface area contributed by atoms with Gasteiger partial charge in [-0.25, -0.2) is 4.98 Å². The summed E-state index contributed by atoms with van der Waals surface area (Å²) in [5, 5.41) is 0.431. The highest BCUT2D eigenvalue weighted by Crippen LogP contribution is 2.24. The molecule has 0 saturated heterocycles. The Kier molecular flexibility index (Phi) is 3.85. The fourth-order valence-corrected chi connectivity index (χ4v) is 2.69. The van der Waals surface area contributed by atoms with E-state index in [0.29, 0.717) is 22.2 Å². The van der Waals surface area contributed by atoms with E-state index in [1.54, 1.807) is 4.90 Å². The molecular weight excluding hydrogens is 258 g/mol. The van der Waals surface area contributed by atoms with Crippen LogP contribution in [0.1, 0.15) is 27.9 Å². The van der Waals surface area contributed by atoms with Crippen LogP contribution in [-0.4, -0.2) is 17.4 Å². The van der Waals surface area contributed by atoms with Gasteiger partial charge in [-0.2, -0.15) is 0 Å². The Morgan fingerprint density at radius 1 is 1.32 bits per heavy atom. The monoisotopic (exact) mass is 275 g/mol. The van der Waals surface area contributed by atoms with Gasteiger partial charge >= 0.3 is 0 Å². The molecule has 1 aromatic heterocycles. The standard InChI is InChI=1S/C14H17N3OS/c1-4-17(11-7-5-9(2)6-8-11)13(18)12-10(3)16-14(15)19-12/h5-8H,4H2,1-3H3,(H2,15,16). The van der Waals surface area contributed by atoms with Gasteiger partial charge < -0.3 is 10.6 Å². The first kappa shape index (κ1) is 13.5. The number of amides is 1. The zero-order valence-corrected chi connectivity index (χ0v) is 12.1. The minimum Gasteiger partial charge on any atom is -0.375 e. The number of thiazole rings is 1. The van der Waals surface area contributed by atoms with Crippen molar-refractivity contribution in [1.29, 1.82) is 0 Å². The van der Waals surface area contributed by atoms with Crippen molar-refractivity contribution in [1.82, 2.24) is 4.98 Å². The number of carbonyl (C=O) groups is 1. The average molecular weight is 275 g/mol. The Morgan fingerprint density at radius 3 is 2.42 bits per heavy atom. The molecule has 0 radical (unpaired) electrons. The van der Waals surface area contributed by atoms with Crippen LogP contribution in [-0.2, 0) is 0 Å². The summed E-state index contributed by atoms with van der Waals surface area (Å²) in [7, 11) is 0. The number of aryl methyl sites for hydroxylation is 2. The van der Waals surface area contributed by atoms with Gasteiger partial charge in [-0.15, -0.1) is 0 Å². The molecule has 0 atom stereocenters. The Balaban J connectivity index is 2.34. The first-order valence-electron chi connectivity index (χ1n) is 6.14. The summed E-state index contributed by atoms with van der Waals surface area (Å²) in [5.74, 6) is -0.0435. The highest BCUT2D eigenvalue weighted by Gasteiger charge is 2.21. The van der Waals surface area contributed by atoms with Crippen LogP contribution in [0.5, 0.6) is 0 Å². The lowest BCUT2D eigenvalue weighted by Crippen LogP contribution is -2.30. The molecule has 0 unspecified atom stereocenters. The highest BCUT2D eigenvalue weighted by atomic mass is 32.1. The third kappa shape index (κ3) is 2.76. The van der Waals surface area contributed by atoms with E-state index in [2.05, 4.69) is 4.98 Å². The molecule has 1 heterocycles. The average Bonchev–Trinajstić information content (AvgIpc) is 2.71. The van der Waals surface area contributed by atoms with E-state index in [0.717, 1.165) is 5.69 Å². The number of hydrogen-bond donors (Lipinski definition) is 1. The molecule has 0 aliphatic rings. The third-order valence-corrected chi connectivity index (χ3v) is 3.89. The number of benzene rings is 1. The highest BCUT2D eigenvalue weighted by molar-refractivity contribution is 7.17. The molecule has 2 rings (SSSR count). The van der Waals surface area contributed by atoms with E-state index in [4.69, 9.17) is 5.73 Å². The normalized spacial score (nSPS) is 10.5. The van der Waals surface area contributed by atoms with Crippen molar-refractivity contribution in [2.24, 2.45) is 0 Å². The molecule has 0 aliphatic carbocycles. The van der Waals surface area contributed by atoms with Gasteiger partial charge in [0.2, 0.25) is 0 Å². The van der Waals surface area contributed by atoms with Crippen LogP contribution < -0.4 is 10.6 Å². The smallest absolute Gasteiger partial charge is 0.270 e. The van der Waals surface area contributed by atoms with E-state index in [1.807, 2.05) is 45.0 Å². The quantitative estimate of drug-likeness (QED) is 0.936. The molecule has 2 aromatic rings. The van der Waals surface area contributed by atoms with Crippen LogP contribution in [0.4, 0.5) is 10.8 Å². The fraction of sp³-hybridized carbons (Fsp3) is 0.286. The molecule has 1 amide bonds. The zero-order valence-electron chi connectivity index (χ0n) is 11.3. The Morgan fingerprint density at radius 2 is 1.95 bits per heavy atom. The van der Waals surface area contributed by atoms with Crippen LogP contribution in [0.25, 0.3) is 0 Å². The predicted octanol–water partition coefficient (Wildman–Crippen LogP) is 3.01. The number of nitrogen functional groups attached to an aromatic ring is 1. The molecule has 0 bridgehead atoms. The van der Waals surface area contributed by atoms with Crippen molar-refractivity contribution in [3.05, 3.63) is 40.4 Å². The van der Waals surface area contributed by atoms with Crippen LogP contribution in [0.2, 0.25) is 0 Å². The molecule has 1 aromatic carbocycles. The van der Waals surface area contributed by atoms with Gasteiger partial charge in [0.15, 0.2) is 5.13 Å². The van der Waals surface area contributed by atoms with Gasteiger partial charge in [0, 0.05) is 12.2 Å². The molecule has 100 valence electrons. The van der Waals surface area contributed by atoms with E-state index in [-0.39, 0.29) is 5.91 Å². The van der Waals surface area contributed by atoms with Crippen LogP contribution in [0, 0.1) is 13.8 Å². The topological polar surface area (TPSA) is 59.2 Å². The minimum atomic E-state index is -0.0435. The summed E-state index contributed by atoms with van der Waals surface area (Å²) in [6.07, 6.45) is 0. The van der Waals surface area contributed by atoms with Crippen molar-refractivity contribution in [2.45, 2.75) is 20.8 Å². The molecule has 19 heavy (non-hydrogen) atoms. The van der Waals surface area contributed by atoms with Gasteiger partial charge in [-0.1, -0.05) is 29.0 Å². The van der Waals surface area contributed by atoms with Crippen LogP contribution in [0.3, 0.4) is 0 Å². The second kappa shape index (κ2) is 5.40. The first-order chi connectivity index (χ1) is 9.02. The predicted molar refractivity (Wildman–Crippen MR) is 79.8 cm³/mol. The SMILES string of the molecule is CCN(C(=O)c1sc(N)nc1C)c1ccc(C)cc1. The molecule has 0 saturated carbocycles. The maximum Gasteiger partial charge on any atom is 0.270 e. The lowest BCUT2D eigenvalue weighted by Gasteiger charge is -2.20. The van der Waals surface area contributed by atoms with Crippen molar-refractivity contribution < 1.29 is 4.79 Å². The summed E-state index contributed by atoms with van der Waals surface area (Å²) in [4.78, 5) is 19.0. The minimum absolute atomic E-state index is 0.0435. The number of nitrogens with two attached hydrogens (primary N) is 1. The van der Waals surface area contributed by atoms with Gasteiger partial charge in [-0.05, 0) is 32.9 Å². The van der Waals surface area contributed by atoms with Crippen LogP contribution in [0.15, 0.2) is 24.3 Å². The van der Waals surface area contributed by atoms with Gasteiger partial charge in [0.05, 0.1) is 5.69 Å². The molecule has 0 aliphatic heterocycles. The second-order valence-corrected chi connectivity index (χ2v) is 5.38. The molecular formula is C14H17N3OS. The number of aromatic nitrogens is 1. The van der Waals surface area contributed by atoms with E-state index in [9.17, 15) is 4.79 Å². The maximum absolute atomic E-state index is 12.5. The number of anilines is 2. The summed E-state index contributed by atoms with van der Waals surface area (Å²) < 4.78 is 0. The largest absolute Gasteiger partial charge is 0.375 e. The third-order valence-electron chi connectivity index (χ3n) is 2.91. The van der Waals surface area contributed by atoms with Gasteiger partial charge in [-0.3, -0.25) is 4.79 Å². The number of rotatable bonds is 3. The van der Waals surface area contributed by atoms with Gasteiger partial charge in [0.1, 0.15) is 4.88 Å². The number of hydrogen-bond acceptors (Lipinski definition) is 4. The summed E-state index contributed by atoms with van der Waals surface area (Å²) >= 11 is 1.24. The fourth-order valence-electron chi connectivity index (χ4n) is 1.91. The molecule has 5 heteroatoms. The van der Waals surface area contributed by atoms with Crippen molar-refractivity contribution in [3.8, 4) is 0 Å². The molecule has 0 fully saturated rings. The molecule has 2 N–H and O–H groups in total. The van der Waals surface area contributed by atoms with Crippen molar-refractivity contribution in [2.75, 3.05) is 17.2 Å². The molecule has 0 spiro atoms. The van der Waals surface area contributed by atoms with E-state index < -0.39 is 0 Å². The lowest BCUT2D eigenvalue weighted by atomic mass is 10.2. The van der Waals surface area contributed by atoms with Crippen molar-refractivity contribution >= 4 is 28.1 Å². The second-order valence-electron chi connectivity index (χ2n) is 4.35. The Hall–Kier alpha value is -1.88. The summed E-state index contributed by atoms with van der Waals surface area (Å²) in [5.41, 5.74) is 8.41. The number of carbonyl (C=O) groups excluding carboxylic acids is 1. The number of nitrogens with zero attached hydrogens (tertiary/aromatic N) is 2. The van der Waals surface area contributed by atoms with Crippen molar-refractivity contribution in [3.63, 3.8) is 0 Å². The van der Waals surface area contributed by atoms with E-state index >= 15 is 0 Å².